The van der Waals surface area contributed by atoms with E-state index in [0.717, 1.165) is 10.9 Å². The average molecular weight is 178 g/mol. The molecular formula is C9H6ClN2. The summed E-state index contributed by atoms with van der Waals surface area (Å²) in [6, 6.07) is 7.00. The van der Waals surface area contributed by atoms with Gasteiger partial charge in [0, 0.05) is 16.6 Å². The van der Waals surface area contributed by atoms with E-state index in [1.54, 1.807) is 24.4 Å². The molecule has 0 atom stereocenters. The lowest BCUT2D eigenvalue weighted by Crippen LogP contribution is -1.79. The van der Waals surface area contributed by atoms with Crippen molar-refractivity contribution in [1.82, 2.24) is 10.7 Å². The zero-order chi connectivity index (χ0) is 8.55. The van der Waals surface area contributed by atoms with E-state index in [2.05, 4.69) is 4.98 Å². The zero-order valence-electron chi connectivity index (χ0n) is 6.21. The number of nitrogens with zero attached hydrogens (tertiary/aromatic N) is 1. The van der Waals surface area contributed by atoms with Crippen molar-refractivity contribution < 1.29 is 0 Å². The van der Waals surface area contributed by atoms with E-state index in [0.29, 0.717) is 10.7 Å². The zero-order valence-corrected chi connectivity index (χ0v) is 6.97. The molecule has 1 heterocycles. The Balaban J connectivity index is 2.86. The second-order valence-electron chi connectivity index (χ2n) is 2.52. The lowest BCUT2D eigenvalue weighted by atomic mass is 10.2. The van der Waals surface area contributed by atoms with E-state index in [1.165, 1.54) is 0 Å². The van der Waals surface area contributed by atoms with Crippen molar-refractivity contribution >= 4 is 28.2 Å². The molecule has 1 aromatic carbocycles. The molecule has 0 saturated heterocycles. The Morgan fingerprint density at radius 3 is 2.92 bits per heavy atom. The van der Waals surface area contributed by atoms with Gasteiger partial charge in [0.25, 0.3) is 0 Å². The topological polar surface area (TPSA) is 36.7 Å². The van der Waals surface area contributed by atoms with Gasteiger partial charge in [-0.05, 0) is 24.3 Å². The van der Waals surface area contributed by atoms with Crippen molar-refractivity contribution in [3.63, 3.8) is 0 Å². The van der Waals surface area contributed by atoms with Gasteiger partial charge in [0.2, 0.25) is 0 Å². The molecule has 12 heavy (non-hydrogen) atoms. The molecule has 1 aromatic heterocycles. The summed E-state index contributed by atoms with van der Waals surface area (Å²) in [5.41, 5.74) is 8.81. The highest BCUT2D eigenvalue weighted by molar-refractivity contribution is 6.31. The molecule has 0 aliphatic heterocycles. The predicted octanol–water partition coefficient (Wildman–Crippen LogP) is 2.80. The molecular weight excluding hydrogens is 172 g/mol. The number of nitrogens with one attached hydrogen (secondary N) is 1. The summed E-state index contributed by atoms with van der Waals surface area (Å²) in [6.07, 6.45) is 1.61. The minimum Gasteiger partial charge on any atom is -0.300 e. The van der Waals surface area contributed by atoms with E-state index < -0.39 is 0 Å². The Kier molecular flexibility index (Phi) is 1.62. The average Bonchev–Trinajstić information content (AvgIpc) is 2.04. The molecule has 0 saturated carbocycles. The number of benzene rings is 1. The van der Waals surface area contributed by atoms with Crippen LogP contribution in [-0.4, -0.2) is 4.98 Å². The molecule has 2 nitrogen and oxygen atoms in total. The molecule has 0 aliphatic rings. The Hall–Kier alpha value is -1.28. The maximum atomic E-state index is 7.55. The van der Waals surface area contributed by atoms with Crippen LogP contribution in [0.4, 0.5) is 5.69 Å². The van der Waals surface area contributed by atoms with Gasteiger partial charge >= 0.3 is 0 Å². The van der Waals surface area contributed by atoms with E-state index in [9.17, 15) is 0 Å². The summed E-state index contributed by atoms with van der Waals surface area (Å²) in [6.45, 7) is 0. The van der Waals surface area contributed by atoms with Crippen LogP contribution in [0.25, 0.3) is 10.9 Å². The third-order valence-electron chi connectivity index (χ3n) is 1.70. The maximum absolute atomic E-state index is 7.55. The number of fused-ring (bicyclic) bond motifs is 1. The summed E-state index contributed by atoms with van der Waals surface area (Å²) in [5.74, 6) is 0. The highest BCUT2D eigenvalue weighted by Gasteiger charge is 1.98. The van der Waals surface area contributed by atoms with Gasteiger partial charge in [0.05, 0.1) is 11.2 Å². The van der Waals surface area contributed by atoms with Gasteiger partial charge in [-0.2, -0.15) is 0 Å². The fourth-order valence-electron chi connectivity index (χ4n) is 1.12. The van der Waals surface area contributed by atoms with Gasteiger partial charge in [-0.25, -0.2) is 0 Å². The van der Waals surface area contributed by atoms with Crippen molar-refractivity contribution in [1.29, 1.82) is 0 Å². The van der Waals surface area contributed by atoms with Crippen LogP contribution in [-0.2, 0) is 0 Å². The molecule has 0 spiro atoms. The van der Waals surface area contributed by atoms with Crippen LogP contribution in [0.3, 0.4) is 0 Å². The monoisotopic (exact) mass is 177 g/mol. The molecule has 0 amide bonds. The number of halogens is 1. The summed E-state index contributed by atoms with van der Waals surface area (Å²) in [5, 5.41) is 1.49. The van der Waals surface area contributed by atoms with Crippen molar-refractivity contribution in [3.05, 3.63) is 35.5 Å². The van der Waals surface area contributed by atoms with E-state index in [4.69, 9.17) is 17.3 Å². The van der Waals surface area contributed by atoms with Crippen LogP contribution in [0.15, 0.2) is 30.5 Å². The number of rotatable bonds is 0. The lowest BCUT2D eigenvalue weighted by Gasteiger charge is -1.98. The lowest BCUT2D eigenvalue weighted by molar-refractivity contribution is 1.38. The molecule has 0 fully saturated rings. The largest absolute Gasteiger partial charge is 0.300 e. The molecule has 3 heteroatoms. The number of pyridine rings is 1. The standard InChI is InChI=1S/C9H6ClN2/c10-6-1-2-7-8(11)3-4-12-9(7)5-6/h1-5,11H. The van der Waals surface area contributed by atoms with E-state index in [1.807, 2.05) is 6.07 Å². The van der Waals surface area contributed by atoms with Crippen LogP contribution in [0.2, 0.25) is 5.02 Å². The Bertz CT molecular complexity index is 426. The molecule has 2 rings (SSSR count). The Labute approximate surface area is 75.0 Å². The summed E-state index contributed by atoms with van der Waals surface area (Å²) >= 11 is 5.77. The fourth-order valence-corrected chi connectivity index (χ4v) is 1.29. The molecule has 0 unspecified atom stereocenters. The van der Waals surface area contributed by atoms with Crippen molar-refractivity contribution in [2.45, 2.75) is 0 Å². The fraction of sp³-hybridized carbons (Fsp3) is 0. The first-order chi connectivity index (χ1) is 5.77. The van der Waals surface area contributed by atoms with Gasteiger partial charge < -0.3 is 5.73 Å². The third kappa shape index (κ3) is 1.10. The van der Waals surface area contributed by atoms with Gasteiger partial charge in [0.1, 0.15) is 0 Å². The first-order valence-electron chi connectivity index (χ1n) is 3.53. The second kappa shape index (κ2) is 2.64. The van der Waals surface area contributed by atoms with E-state index >= 15 is 0 Å². The van der Waals surface area contributed by atoms with Crippen molar-refractivity contribution in [2.75, 3.05) is 0 Å². The van der Waals surface area contributed by atoms with Crippen LogP contribution in [0, 0.1) is 0 Å². The number of aromatic nitrogens is 1. The van der Waals surface area contributed by atoms with Gasteiger partial charge in [0.15, 0.2) is 0 Å². The van der Waals surface area contributed by atoms with Crippen LogP contribution >= 0.6 is 11.6 Å². The van der Waals surface area contributed by atoms with Gasteiger partial charge in [-0.3, -0.25) is 4.98 Å². The van der Waals surface area contributed by atoms with Crippen LogP contribution < -0.4 is 5.73 Å². The Morgan fingerprint density at radius 1 is 1.25 bits per heavy atom. The quantitative estimate of drug-likeness (QED) is 0.610. The first kappa shape index (κ1) is 7.37. The summed E-state index contributed by atoms with van der Waals surface area (Å²) in [4.78, 5) is 4.10. The van der Waals surface area contributed by atoms with Crippen LogP contribution in [0.1, 0.15) is 0 Å². The molecule has 2 aromatic rings. The smallest absolute Gasteiger partial charge is 0.0738 e. The molecule has 1 radical (unpaired) electrons. The van der Waals surface area contributed by atoms with E-state index in [-0.39, 0.29) is 0 Å². The first-order valence-corrected chi connectivity index (χ1v) is 3.91. The van der Waals surface area contributed by atoms with Crippen molar-refractivity contribution in [3.8, 4) is 0 Å². The molecule has 0 bridgehead atoms. The molecule has 0 aliphatic carbocycles. The van der Waals surface area contributed by atoms with Gasteiger partial charge in [-0.15, -0.1) is 0 Å². The minimum absolute atomic E-state index is 0.483. The second-order valence-corrected chi connectivity index (χ2v) is 2.96. The molecule has 1 N–H and O–H groups in total. The SMILES string of the molecule is [NH]c1ccnc2cc(Cl)ccc12. The normalized spacial score (nSPS) is 10.4. The Morgan fingerprint density at radius 2 is 2.08 bits per heavy atom. The number of hydrogen-bond acceptors (Lipinski definition) is 1. The summed E-state index contributed by atoms with van der Waals surface area (Å²) < 4.78 is 0. The minimum atomic E-state index is 0.483. The summed E-state index contributed by atoms with van der Waals surface area (Å²) in [7, 11) is 0. The predicted molar refractivity (Wildman–Crippen MR) is 49.5 cm³/mol. The van der Waals surface area contributed by atoms with Crippen molar-refractivity contribution in [2.24, 2.45) is 0 Å². The molecule has 59 valence electrons. The number of hydrogen-bond donors (Lipinski definition) is 0. The van der Waals surface area contributed by atoms with Gasteiger partial charge in [-0.1, -0.05) is 11.6 Å². The maximum Gasteiger partial charge on any atom is 0.0738 e. The third-order valence-corrected chi connectivity index (χ3v) is 1.94. The highest BCUT2D eigenvalue weighted by Crippen LogP contribution is 2.22. The highest BCUT2D eigenvalue weighted by atomic mass is 35.5. The van der Waals surface area contributed by atoms with Crippen LogP contribution in [0.5, 0.6) is 0 Å².